The van der Waals surface area contributed by atoms with Crippen molar-refractivity contribution in [1.29, 1.82) is 0 Å². The van der Waals surface area contributed by atoms with Crippen LogP contribution in [0.3, 0.4) is 0 Å². The van der Waals surface area contributed by atoms with Gasteiger partial charge in [0, 0.05) is 40.3 Å². The van der Waals surface area contributed by atoms with Gasteiger partial charge in [0.2, 0.25) is 0 Å². The van der Waals surface area contributed by atoms with Gasteiger partial charge in [-0.2, -0.15) is 0 Å². The topological polar surface area (TPSA) is 38.6 Å². The van der Waals surface area contributed by atoms with Gasteiger partial charge in [0.25, 0.3) is 0 Å². The fourth-order valence-electron chi connectivity index (χ4n) is 3.76. The third-order valence-electron chi connectivity index (χ3n) is 5.32. The number of hydrogen-bond acceptors (Lipinski definition) is 3. The van der Waals surface area contributed by atoms with E-state index in [2.05, 4.69) is 56.8 Å². The van der Waals surface area contributed by atoms with Gasteiger partial charge in [-0.05, 0) is 55.3 Å². The van der Waals surface area contributed by atoms with Gasteiger partial charge in [-0.25, -0.2) is 4.98 Å². The normalized spacial score (nSPS) is 12.3. The maximum atomic E-state index is 6.30. The summed E-state index contributed by atoms with van der Waals surface area (Å²) in [6.07, 6.45) is 3.80. The van der Waals surface area contributed by atoms with Crippen LogP contribution in [-0.4, -0.2) is 29.1 Å². The van der Waals surface area contributed by atoms with Crippen LogP contribution in [0, 0.1) is 0 Å². The minimum absolute atomic E-state index is 0.375. The Morgan fingerprint density at radius 2 is 1.94 bits per heavy atom. The van der Waals surface area contributed by atoms with E-state index in [-0.39, 0.29) is 0 Å². The molecule has 0 radical (unpaired) electrons. The van der Waals surface area contributed by atoms with Crippen LogP contribution in [0.5, 0.6) is 5.75 Å². The third-order valence-corrected chi connectivity index (χ3v) is 6.08. The van der Waals surface area contributed by atoms with E-state index in [1.54, 1.807) is 7.11 Å². The molecule has 0 aliphatic carbocycles. The summed E-state index contributed by atoms with van der Waals surface area (Å²) in [5.41, 5.74) is 4.25. The summed E-state index contributed by atoms with van der Waals surface area (Å²) in [6, 6.07) is 20.7. The molecule has 31 heavy (non-hydrogen) atoms. The first-order valence-corrected chi connectivity index (χ1v) is 11.5. The van der Waals surface area contributed by atoms with Crippen molar-refractivity contribution in [3.05, 3.63) is 87.7 Å². The highest BCUT2D eigenvalue weighted by Crippen LogP contribution is 2.29. The lowest BCUT2D eigenvalue weighted by Gasteiger charge is -2.13. The number of halogens is 2. The zero-order valence-corrected chi connectivity index (χ0v) is 20.0. The standard InChI is InChI=1S/C25H25BrClN3O/c1-17(14-18-6-8-20(26)9-7-18)28-12-10-24-29-25(19-4-3-5-22(15-19)31-2)23-16-21(27)11-13-30(23)24/h3-9,11,13,15-17,28H,10,12,14H2,1-2H3. The minimum Gasteiger partial charge on any atom is -0.497 e. The highest BCUT2D eigenvalue weighted by Gasteiger charge is 2.14. The zero-order valence-electron chi connectivity index (χ0n) is 17.6. The molecule has 0 aliphatic rings. The van der Waals surface area contributed by atoms with Gasteiger partial charge in [0.15, 0.2) is 0 Å². The van der Waals surface area contributed by atoms with Crippen LogP contribution < -0.4 is 10.1 Å². The molecule has 4 rings (SSSR count). The Bertz CT molecular complexity index is 1170. The van der Waals surface area contributed by atoms with Crippen LogP contribution in [0.15, 0.2) is 71.3 Å². The van der Waals surface area contributed by atoms with E-state index in [1.807, 2.05) is 42.6 Å². The van der Waals surface area contributed by atoms with E-state index in [0.717, 1.165) is 52.2 Å². The van der Waals surface area contributed by atoms with Crippen molar-refractivity contribution in [3.8, 4) is 17.0 Å². The number of rotatable bonds is 8. The van der Waals surface area contributed by atoms with Gasteiger partial charge in [-0.3, -0.25) is 0 Å². The van der Waals surface area contributed by atoms with Crippen LogP contribution in [0.2, 0.25) is 5.02 Å². The first-order chi connectivity index (χ1) is 15.0. The van der Waals surface area contributed by atoms with Crippen molar-refractivity contribution in [3.63, 3.8) is 0 Å². The Kier molecular flexibility index (Phi) is 6.96. The first kappa shape index (κ1) is 21.9. The lowest BCUT2D eigenvalue weighted by molar-refractivity contribution is 0.415. The second-order valence-electron chi connectivity index (χ2n) is 7.64. The van der Waals surface area contributed by atoms with Gasteiger partial charge >= 0.3 is 0 Å². The zero-order chi connectivity index (χ0) is 21.8. The lowest BCUT2D eigenvalue weighted by Crippen LogP contribution is -2.30. The molecule has 6 heteroatoms. The summed E-state index contributed by atoms with van der Waals surface area (Å²) in [5.74, 6) is 1.82. The Hall–Kier alpha value is -2.34. The number of ether oxygens (including phenoxy) is 1. The molecule has 0 bridgehead atoms. The van der Waals surface area contributed by atoms with Gasteiger partial charge in [0.1, 0.15) is 11.6 Å². The quantitative estimate of drug-likeness (QED) is 0.315. The summed E-state index contributed by atoms with van der Waals surface area (Å²) in [5, 5.41) is 4.32. The van der Waals surface area contributed by atoms with Crippen molar-refractivity contribution in [2.24, 2.45) is 0 Å². The van der Waals surface area contributed by atoms with Crippen LogP contribution in [0.1, 0.15) is 18.3 Å². The summed E-state index contributed by atoms with van der Waals surface area (Å²) >= 11 is 9.79. The number of nitrogens with one attached hydrogen (secondary N) is 1. The summed E-state index contributed by atoms with van der Waals surface area (Å²) in [6.45, 7) is 3.06. The predicted octanol–water partition coefficient (Wildman–Crippen LogP) is 6.19. The monoisotopic (exact) mass is 497 g/mol. The second-order valence-corrected chi connectivity index (χ2v) is 9.00. The number of hydrogen-bond donors (Lipinski definition) is 1. The molecule has 2 aromatic carbocycles. The van der Waals surface area contributed by atoms with Crippen molar-refractivity contribution >= 4 is 33.0 Å². The molecule has 0 amide bonds. The van der Waals surface area contributed by atoms with E-state index in [9.17, 15) is 0 Å². The largest absolute Gasteiger partial charge is 0.497 e. The number of fused-ring (bicyclic) bond motifs is 1. The van der Waals surface area contributed by atoms with Gasteiger partial charge < -0.3 is 14.5 Å². The maximum Gasteiger partial charge on any atom is 0.119 e. The maximum absolute atomic E-state index is 6.30. The molecule has 4 aromatic rings. The van der Waals surface area contributed by atoms with Crippen molar-refractivity contribution < 1.29 is 4.74 Å². The molecule has 0 fully saturated rings. The number of pyridine rings is 1. The summed E-state index contributed by atoms with van der Waals surface area (Å²) in [7, 11) is 1.67. The molecule has 2 heterocycles. The fraction of sp³-hybridized carbons (Fsp3) is 0.240. The average molecular weight is 499 g/mol. The Morgan fingerprint density at radius 3 is 2.71 bits per heavy atom. The molecule has 2 aromatic heterocycles. The summed E-state index contributed by atoms with van der Waals surface area (Å²) < 4.78 is 8.63. The van der Waals surface area contributed by atoms with Crippen LogP contribution >= 0.6 is 27.5 Å². The number of nitrogens with zero attached hydrogens (tertiary/aromatic N) is 2. The Labute approximate surface area is 196 Å². The van der Waals surface area contributed by atoms with E-state index in [1.165, 1.54) is 5.56 Å². The van der Waals surface area contributed by atoms with Crippen LogP contribution in [0.4, 0.5) is 0 Å². The molecule has 1 atom stereocenters. The van der Waals surface area contributed by atoms with Crippen LogP contribution in [-0.2, 0) is 12.8 Å². The smallest absolute Gasteiger partial charge is 0.119 e. The minimum atomic E-state index is 0.375. The van der Waals surface area contributed by atoms with E-state index in [4.69, 9.17) is 21.3 Å². The number of methoxy groups -OCH3 is 1. The first-order valence-electron chi connectivity index (χ1n) is 10.3. The number of imidazole rings is 1. The number of benzene rings is 2. The molecule has 160 valence electrons. The highest BCUT2D eigenvalue weighted by atomic mass is 79.9. The third kappa shape index (κ3) is 5.29. The molecule has 0 saturated carbocycles. The predicted molar refractivity (Wildman–Crippen MR) is 131 cm³/mol. The molecule has 0 aliphatic heterocycles. The molecule has 0 saturated heterocycles. The van der Waals surface area contributed by atoms with Gasteiger partial charge in [-0.1, -0.05) is 51.8 Å². The van der Waals surface area contributed by atoms with Crippen molar-refractivity contribution in [2.45, 2.75) is 25.8 Å². The average Bonchev–Trinajstić information content (AvgIpc) is 3.13. The molecule has 4 nitrogen and oxygen atoms in total. The Morgan fingerprint density at radius 1 is 1.13 bits per heavy atom. The highest BCUT2D eigenvalue weighted by molar-refractivity contribution is 9.10. The second kappa shape index (κ2) is 9.86. The lowest BCUT2D eigenvalue weighted by atomic mass is 10.1. The van der Waals surface area contributed by atoms with E-state index < -0.39 is 0 Å². The SMILES string of the molecule is COc1cccc(-c2nc(CCNC(C)Cc3ccc(Br)cc3)n3ccc(Cl)cc23)c1. The fourth-order valence-corrected chi connectivity index (χ4v) is 4.18. The summed E-state index contributed by atoms with van der Waals surface area (Å²) in [4.78, 5) is 4.97. The molecule has 0 spiro atoms. The van der Waals surface area contributed by atoms with Gasteiger partial charge in [-0.15, -0.1) is 0 Å². The number of aromatic nitrogens is 2. The van der Waals surface area contributed by atoms with E-state index >= 15 is 0 Å². The van der Waals surface area contributed by atoms with Gasteiger partial charge in [0.05, 0.1) is 18.3 Å². The van der Waals surface area contributed by atoms with Crippen molar-refractivity contribution in [2.75, 3.05) is 13.7 Å². The molecular formula is C25H25BrClN3O. The Balaban J connectivity index is 1.50. The van der Waals surface area contributed by atoms with E-state index in [0.29, 0.717) is 11.1 Å². The molecular weight excluding hydrogens is 474 g/mol. The molecule has 1 unspecified atom stereocenters. The van der Waals surface area contributed by atoms with Crippen molar-refractivity contribution in [1.82, 2.24) is 14.7 Å². The molecule has 1 N–H and O–H groups in total. The van der Waals surface area contributed by atoms with Crippen LogP contribution in [0.25, 0.3) is 16.8 Å².